The lowest BCUT2D eigenvalue weighted by Crippen LogP contribution is -1.97. The lowest BCUT2D eigenvalue weighted by atomic mass is 10.1. The van der Waals surface area contributed by atoms with Crippen LogP contribution >= 0.6 is 11.8 Å². The molecule has 0 amide bonds. The molecule has 1 aliphatic carbocycles. The molecule has 0 bridgehead atoms. The van der Waals surface area contributed by atoms with E-state index in [0.29, 0.717) is 0 Å². The number of fused-ring (bicyclic) bond motifs is 1. The van der Waals surface area contributed by atoms with Crippen LogP contribution in [-0.4, -0.2) is 21.3 Å². The maximum absolute atomic E-state index is 4.56. The highest BCUT2D eigenvalue weighted by atomic mass is 32.2. The van der Waals surface area contributed by atoms with Crippen molar-refractivity contribution in [2.45, 2.75) is 18.9 Å². The zero-order chi connectivity index (χ0) is 9.38. The Morgan fingerprint density at radius 1 is 1.50 bits per heavy atom. The number of H-pyrrole nitrogens is 1. The fourth-order valence-corrected chi connectivity index (χ4v) is 2.54. The standard InChI is InChI=1S/C10H11N3S/c1-2-4-8-7(3-1)12-10(13-8)9-5-14-6-11-9/h1,3,6,9H,2,4-5H2,(H,12,13). The van der Waals surface area contributed by atoms with Crippen molar-refractivity contribution in [1.29, 1.82) is 0 Å². The first kappa shape index (κ1) is 8.29. The molecule has 0 spiro atoms. The zero-order valence-electron chi connectivity index (χ0n) is 7.73. The molecule has 0 saturated heterocycles. The van der Waals surface area contributed by atoms with E-state index in [1.807, 2.05) is 5.55 Å². The Kier molecular flexibility index (Phi) is 1.94. The van der Waals surface area contributed by atoms with Crippen LogP contribution in [0.3, 0.4) is 0 Å². The number of aromatic amines is 1. The van der Waals surface area contributed by atoms with Crippen LogP contribution in [0.2, 0.25) is 0 Å². The number of hydrogen-bond donors (Lipinski definition) is 1. The van der Waals surface area contributed by atoms with Gasteiger partial charge < -0.3 is 4.98 Å². The molecule has 3 rings (SSSR count). The summed E-state index contributed by atoms with van der Waals surface area (Å²) in [7, 11) is 0. The second kappa shape index (κ2) is 3.28. The number of allylic oxidation sites excluding steroid dienone is 1. The fraction of sp³-hybridized carbons (Fsp3) is 0.400. The van der Waals surface area contributed by atoms with Crippen LogP contribution in [0, 0.1) is 0 Å². The van der Waals surface area contributed by atoms with E-state index in [0.717, 1.165) is 30.1 Å². The van der Waals surface area contributed by atoms with E-state index in [1.165, 1.54) is 5.69 Å². The van der Waals surface area contributed by atoms with Crippen molar-refractivity contribution in [2.24, 2.45) is 4.99 Å². The number of thioether (sulfide) groups is 1. The van der Waals surface area contributed by atoms with Crippen LogP contribution in [0.1, 0.15) is 29.7 Å². The van der Waals surface area contributed by atoms with E-state index in [9.17, 15) is 0 Å². The Labute approximate surface area is 86.7 Å². The van der Waals surface area contributed by atoms with Crippen molar-refractivity contribution in [1.82, 2.24) is 9.97 Å². The third kappa shape index (κ3) is 1.30. The quantitative estimate of drug-likeness (QED) is 0.763. The van der Waals surface area contributed by atoms with Gasteiger partial charge in [0.15, 0.2) is 0 Å². The van der Waals surface area contributed by atoms with Crippen LogP contribution in [0.4, 0.5) is 0 Å². The average molecular weight is 205 g/mol. The second-order valence-corrected chi connectivity index (χ2v) is 4.41. The fourth-order valence-electron chi connectivity index (χ4n) is 1.80. The van der Waals surface area contributed by atoms with Crippen molar-refractivity contribution in [3.63, 3.8) is 0 Å². The van der Waals surface area contributed by atoms with Gasteiger partial charge in [-0.15, -0.1) is 11.8 Å². The number of imidazole rings is 1. The van der Waals surface area contributed by atoms with E-state index < -0.39 is 0 Å². The monoisotopic (exact) mass is 205 g/mol. The summed E-state index contributed by atoms with van der Waals surface area (Å²) in [6, 6.07) is 0.249. The number of nitrogens with one attached hydrogen (secondary N) is 1. The van der Waals surface area contributed by atoms with Gasteiger partial charge in [0.05, 0.1) is 11.2 Å². The molecular weight excluding hydrogens is 194 g/mol. The Morgan fingerprint density at radius 2 is 2.50 bits per heavy atom. The first-order valence-electron chi connectivity index (χ1n) is 4.82. The lowest BCUT2D eigenvalue weighted by Gasteiger charge is -2.01. The first-order chi connectivity index (χ1) is 6.93. The largest absolute Gasteiger partial charge is 0.344 e. The number of aryl methyl sites for hydroxylation is 1. The summed E-state index contributed by atoms with van der Waals surface area (Å²) >= 11 is 1.75. The summed E-state index contributed by atoms with van der Waals surface area (Å²) in [5.41, 5.74) is 4.30. The molecular formula is C10H11N3S. The molecule has 0 saturated carbocycles. The molecule has 2 aliphatic rings. The predicted octanol–water partition coefficient (Wildman–Crippen LogP) is 2.19. The summed E-state index contributed by atoms with van der Waals surface area (Å²) < 4.78 is 0. The summed E-state index contributed by atoms with van der Waals surface area (Å²) in [5.74, 6) is 2.05. The molecule has 72 valence electrons. The molecule has 2 heterocycles. The van der Waals surface area contributed by atoms with E-state index in [-0.39, 0.29) is 6.04 Å². The van der Waals surface area contributed by atoms with E-state index in [2.05, 4.69) is 27.1 Å². The Bertz CT molecular complexity index is 405. The van der Waals surface area contributed by atoms with Gasteiger partial charge in [0.25, 0.3) is 0 Å². The minimum absolute atomic E-state index is 0.249. The van der Waals surface area contributed by atoms with Crippen LogP contribution in [0.15, 0.2) is 11.1 Å². The molecule has 1 aromatic rings. The van der Waals surface area contributed by atoms with Gasteiger partial charge in [0.1, 0.15) is 11.9 Å². The van der Waals surface area contributed by atoms with E-state index >= 15 is 0 Å². The topological polar surface area (TPSA) is 41.0 Å². The van der Waals surface area contributed by atoms with Crippen molar-refractivity contribution in [2.75, 3.05) is 5.75 Å². The molecule has 0 aromatic carbocycles. The Morgan fingerprint density at radius 3 is 3.29 bits per heavy atom. The number of aliphatic imine (C=N–C) groups is 1. The normalized spacial score (nSPS) is 24.1. The first-order valence-corrected chi connectivity index (χ1v) is 5.87. The third-order valence-corrected chi connectivity index (χ3v) is 3.33. The van der Waals surface area contributed by atoms with Crippen LogP contribution in [0.25, 0.3) is 6.08 Å². The molecule has 1 aliphatic heterocycles. The van der Waals surface area contributed by atoms with Gasteiger partial charge in [-0.3, -0.25) is 4.99 Å². The van der Waals surface area contributed by atoms with Gasteiger partial charge in [-0.1, -0.05) is 6.08 Å². The van der Waals surface area contributed by atoms with Gasteiger partial charge >= 0.3 is 0 Å². The molecule has 1 N–H and O–H groups in total. The highest BCUT2D eigenvalue weighted by Gasteiger charge is 2.19. The van der Waals surface area contributed by atoms with E-state index in [4.69, 9.17) is 0 Å². The van der Waals surface area contributed by atoms with Crippen molar-refractivity contribution in [3.05, 3.63) is 23.3 Å². The van der Waals surface area contributed by atoms with Crippen molar-refractivity contribution >= 4 is 23.4 Å². The van der Waals surface area contributed by atoms with Gasteiger partial charge in [-0.25, -0.2) is 4.98 Å². The molecule has 14 heavy (non-hydrogen) atoms. The highest BCUT2D eigenvalue weighted by Crippen LogP contribution is 2.27. The van der Waals surface area contributed by atoms with Gasteiger partial charge in [0, 0.05) is 11.4 Å². The number of rotatable bonds is 1. The van der Waals surface area contributed by atoms with Gasteiger partial charge in [-0.2, -0.15) is 0 Å². The summed E-state index contributed by atoms with van der Waals surface area (Å²) in [6.45, 7) is 0. The van der Waals surface area contributed by atoms with Crippen LogP contribution < -0.4 is 0 Å². The Hall–Kier alpha value is -1.03. The van der Waals surface area contributed by atoms with Crippen molar-refractivity contribution < 1.29 is 0 Å². The second-order valence-electron chi connectivity index (χ2n) is 3.53. The van der Waals surface area contributed by atoms with Crippen molar-refractivity contribution in [3.8, 4) is 0 Å². The van der Waals surface area contributed by atoms with Gasteiger partial charge in [0.2, 0.25) is 0 Å². The van der Waals surface area contributed by atoms with Gasteiger partial charge in [-0.05, 0) is 18.9 Å². The third-order valence-electron chi connectivity index (χ3n) is 2.55. The highest BCUT2D eigenvalue weighted by molar-refractivity contribution is 8.12. The molecule has 0 radical (unpaired) electrons. The molecule has 3 nitrogen and oxygen atoms in total. The summed E-state index contributed by atoms with van der Waals surface area (Å²) in [4.78, 5) is 12.3. The maximum atomic E-state index is 4.56. The molecule has 1 aromatic heterocycles. The smallest absolute Gasteiger partial charge is 0.132 e. The molecule has 1 unspecified atom stereocenters. The molecule has 0 fully saturated rings. The minimum atomic E-state index is 0.249. The number of nitrogens with zero attached hydrogens (tertiary/aromatic N) is 2. The number of aromatic nitrogens is 2. The number of hydrogen-bond acceptors (Lipinski definition) is 3. The Balaban J connectivity index is 1.96. The minimum Gasteiger partial charge on any atom is -0.344 e. The average Bonchev–Trinajstić information content (AvgIpc) is 2.86. The SMILES string of the molecule is C1=Cc2nc(C3CSC=N3)[nH]c2CC1. The zero-order valence-corrected chi connectivity index (χ0v) is 8.55. The predicted molar refractivity (Wildman–Crippen MR) is 59.6 cm³/mol. The summed E-state index contributed by atoms with van der Waals surface area (Å²) in [6.07, 6.45) is 6.49. The van der Waals surface area contributed by atoms with Crippen LogP contribution in [0.5, 0.6) is 0 Å². The van der Waals surface area contributed by atoms with E-state index in [1.54, 1.807) is 11.8 Å². The molecule has 1 atom stereocenters. The van der Waals surface area contributed by atoms with Crippen LogP contribution in [-0.2, 0) is 6.42 Å². The maximum Gasteiger partial charge on any atom is 0.132 e. The lowest BCUT2D eigenvalue weighted by molar-refractivity contribution is 0.777. The molecule has 4 heteroatoms. The summed E-state index contributed by atoms with van der Waals surface area (Å²) in [5, 5.41) is 0.